The number of anilines is 1. The molecule has 1 amide bonds. The molecule has 5 nitrogen and oxygen atoms in total. The number of benzene rings is 2. The van der Waals surface area contributed by atoms with Crippen LogP contribution < -0.4 is 20.9 Å². The number of nitrogens with one attached hydrogen (secondary N) is 3. The van der Waals surface area contributed by atoms with Crippen LogP contribution in [-0.4, -0.2) is 17.6 Å². The van der Waals surface area contributed by atoms with Crippen molar-refractivity contribution in [1.82, 2.24) is 10.9 Å². The van der Waals surface area contributed by atoms with E-state index in [1.165, 1.54) is 17.2 Å². The van der Waals surface area contributed by atoms with E-state index < -0.39 is 11.7 Å². The van der Waals surface area contributed by atoms with Crippen LogP contribution in [-0.2, 0) is 17.6 Å². The number of aryl methyl sites for hydroxylation is 2. The Hall–Kier alpha value is -2.67. The van der Waals surface area contributed by atoms with Crippen LogP contribution in [0.3, 0.4) is 0 Å². The lowest BCUT2D eigenvalue weighted by Gasteiger charge is -2.12. The van der Waals surface area contributed by atoms with Gasteiger partial charge >= 0.3 is 0 Å². The minimum atomic E-state index is -0.432. The molecule has 1 aliphatic carbocycles. The Bertz CT molecular complexity index is 798. The van der Waals surface area contributed by atoms with Crippen molar-refractivity contribution in [2.75, 3.05) is 11.9 Å². The van der Waals surface area contributed by atoms with Gasteiger partial charge in [0.25, 0.3) is 5.91 Å². The average molecular weight is 359 g/mol. The molecule has 7 heteroatoms. The molecule has 2 aromatic carbocycles. The van der Waals surface area contributed by atoms with Crippen LogP contribution in [0.4, 0.5) is 10.1 Å². The monoisotopic (exact) mass is 359 g/mol. The van der Waals surface area contributed by atoms with E-state index in [0.717, 1.165) is 19.3 Å². The van der Waals surface area contributed by atoms with Crippen LogP contribution in [0.25, 0.3) is 0 Å². The van der Waals surface area contributed by atoms with Gasteiger partial charge in [0.05, 0.1) is 5.69 Å². The summed E-state index contributed by atoms with van der Waals surface area (Å²) >= 11 is 5.00. The zero-order valence-corrected chi connectivity index (χ0v) is 14.3. The van der Waals surface area contributed by atoms with Crippen molar-refractivity contribution in [1.29, 1.82) is 0 Å². The third-order valence-electron chi connectivity index (χ3n) is 3.88. The second-order valence-corrected chi connectivity index (χ2v) is 6.09. The molecule has 0 fully saturated rings. The fourth-order valence-corrected chi connectivity index (χ4v) is 2.83. The summed E-state index contributed by atoms with van der Waals surface area (Å²) in [6.07, 6.45) is 3.32. The molecule has 0 bridgehead atoms. The number of thiocarbonyl (C=S) groups is 1. The summed E-state index contributed by atoms with van der Waals surface area (Å²) in [5.74, 6) is -0.154. The van der Waals surface area contributed by atoms with Gasteiger partial charge in [-0.1, -0.05) is 18.2 Å². The fourth-order valence-electron chi connectivity index (χ4n) is 2.67. The number of halogens is 1. The van der Waals surface area contributed by atoms with Crippen LogP contribution in [0, 0.1) is 5.82 Å². The molecular formula is C18H18FN3O2S. The maximum Gasteiger partial charge on any atom is 0.276 e. The van der Waals surface area contributed by atoms with Crippen molar-refractivity contribution in [3.8, 4) is 5.75 Å². The number of para-hydroxylation sites is 1. The zero-order valence-electron chi connectivity index (χ0n) is 13.5. The molecule has 2 aromatic rings. The highest BCUT2D eigenvalue weighted by molar-refractivity contribution is 7.80. The van der Waals surface area contributed by atoms with Gasteiger partial charge in [0.15, 0.2) is 11.7 Å². The Kier molecular flexibility index (Phi) is 5.45. The van der Waals surface area contributed by atoms with Gasteiger partial charge in [-0.25, -0.2) is 4.39 Å². The molecule has 0 aliphatic heterocycles. The predicted octanol–water partition coefficient (Wildman–Crippen LogP) is 2.71. The molecule has 0 unspecified atom stereocenters. The molecule has 0 radical (unpaired) electrons. The zero-order chi connectivity index (χ0) is 17.6. The standard InChI is InChI=1S/C18H18FN3O2S/c19-15-6-1-2-7-16(15)20-18(25)22-21-17(23)11-24-14-9-8-12-4-3-5-13(12)10-14/h1-2,6-10H,3-5,11H2,(H,21,23)(H2,20,22,25). The van der Waals surface area contributed by atoms with E-state index in [9.17, 15) is 9.18 Å². The highest BCUT2D eigenvalue weighted by atomic mass is 32.1. The smallest absolute Gasteiger partial charge is 0.276 e. The van der Waals surface area contributed by atoms with Crippen molar-refractivity contribution < 1.29 is 13.9 Å². The lowest BCUT2D eigenvalue weighted by atomic mass is 10.1. The fraction of sp³-hybridized carbons (Fsp3) is 0.222. The Morgan fingerprint density at radius 3 is 2.76 bits per heavy atom. The number of hydrazine groups is 1. The molecule has 0 spiro atoms. The molecule has 0 heterocycles. The van der Waals surface area contributed by atoms with Gasteiger partial charge in [0, 0.05) is 0 Å². The Morgan fingerprint density at radius 2 is 1.92 bits per heavy atom. The highest BCUT2D eigenvalue weighted by Crippen LogP contribution is 2.25. The van der Waals surface area contributed by atoms with Crippen molar-refractivity contribution in [2.24, 2.45) is 0 Å². The maximum atomic E-state index is 13.5. The molecule has 3 rings (SSSR count). The van der Waals surface area contributed by atoms with E-state index in [1.54, 1.807) is 18.2 Å². The van der Waals surface area contributed by atoms with E-state index >= 15 is 0 Å². The normalized spacial score (nSPS) is 12.2. The number of fused-ring (bicyclic) bond motifs is 1. The van der Waals surface area contributed by atoms with Gasteiger partial charge in [-0.2, -0.15) is 0 Å². The van der Waals surface area contributed by atoms with E-state index in [2.05, 4.69) is 16.2 Å². The number of carbonyl (C=O) groups is 1. The molecule has 1 aliphatic rings. The van der Waals surface area contributed by atoms with Gasteiger partial charge in [0.2, 0.25) is 0 Å². The van der Waals surface area contributed by atoms with Crippen molar-refractivity contribution in [3.63, 3.8) is 0 Å². The second-order valence-electron chi connectivity index (χ2n) is 5.68. The van der Waals surface area contributed by atoms with Gasteiger partial charge in [-0.3, -0.25) is 15.6 Å². The first-order valence-corrected chi connectivity index (χ1v) is 8.37. The van der Waals surface area contributed by atoms with Gasteiger partial charge < -0.3 is 10.1 Å². The van der Waals surface area contributed by atoms with Crippen LogP contribution in [0.2, 0.25) is 0 Å². The van der Waals surface area contributed by atoms with E-state index in [0.29, 0.717) is 5.75 Å². The summed E-state index contributed by atoms with van der Waals surface area (Å²) in [5, 5.41) is 2.74. The predicted molar refractivity (Wildman–Crippen MR) is 97.9 cm³/mol. The van der Waals surface area contributed by atoms with Crippen LogP contribution in [0.15, 0.2) is 42.5 Å². The second kappa shape index (κ2) is 7.94. The van der Waals surface area contributed by atoms with Crippen molar-refractivity contribution >= 4 is 28.9 Å². The van der Waals surface area contributed by atoms with Gasteiger partial charge in [0.1, 0.15) is 11.6 Å². The summed E-state index contributed by atoms with van der Waals surface area (Å²) in [7, 11) is 0. The lowest BCUT2D eigenvalue weighted by Crippen LogP contribution is -2.45. The summed E-state index contributed by atoms with van der Waals surface area (Å²) in [5.41, 5.74) is 7.77. The summed E-state index contributed by atoms with van der Waals surface area (Å²) in [4.78, 5) is 11.8. The first-order chi connectivity index (χ1) is 12.1. The Labute approximate surface area is 150 Å². The molecular weight excluding hydrogens is 341 g/mol. The van der Waals surface area contributed by atoms with Crippen LogP contribution >= 0.6 is 12.2 Å². The van der Waals surface area contributed by atoms with Gasteiger partial charge in [-0.05, 0) is 66.9 Å². The molecule has 0 saturated heterocycles. The SMILES string of the molecule is O=C(COc1ccc2c(c1)CCC2)NNC(=S)Nc1ccccc1F. The lowest BCUT2D eigenvalue weighted by molar-refractivity contribution is -0.123. The van der Waals surface area contributed by atoms with E-state index in [4.69, 9.17) is 17.0 Å². The van der Waals surface area contributed by atoms with Crippen molar-refractivity contribution in [3.05, 3.63) is 59.4 Å². The molecule has 0 aromatic heterocycles. The molecule has 0 atom stereocenters. The largest absolute Gasteiger partial charge is 0.484 e. The molecule has 130 valence electrons. The Balaban J connectivity index is 1.42. The summed E-state index contributed by atoms with van der Waals surface area (Å²) in [6, 6.07) is 12.0. The average Bonchev–Trinajstić information content (AvgIpc) is 3.08. The molecule has 3 N–H and O–H groups in total. The number of ether oxygens (including phenoxy) is 1. The number of amides is 1. The maximum absolute atomic E-state index is 13.5. The third-order valence-corrected chi connectivity index (χ3v) is 4.08. The van der Waals surface area contributed by atoms with Crippen LogP contribution in [0.5, 0.6) is 5.75 Å². The number of hydrogen-bond acceptors (Lipinski definition) is 3. The first kappa shape index (κ1) is 17.2. The van der Waals surface area contributed by atoms with Crippen LogP contribution in [0.1, 0.15) is 17.5 Å². The van der Waals surface area contributed by atoms with E-state index in [1.807, 2.05) is 18.2 Å². The topological polar surface area (TPSA) is 62.4 Å². The van der Waals surface area contributed by atoms with Gasteiger partial charge in [-0.15, -0.1) is 0 Å². The van der Waals surface area contributed by atoms with Crippen molar-refractivity contribution in [2.45, 2.75) is 19.3 Å². The number of hydrogen-bond donors (Lipinski definition) is 3. The third kappa shape index (κ3) is 4.67. The molecule has 25 heavy (non-hydrogen) atoms. The molecule has 0 saturated carbocycles. The summed E-state index contributed by atoms with van der Waals surface area (Å²) in [6.45, 7) is -0.145. The minimum absolute atomic E-state index is 0.0796. The number of rotatable bonds is 4. The Morgan fingerprint density at radius 1 is 1.12 bits per heavy atom. The van der Waals surface area contributed by atoms with E-state index in [-0.39, 0.29) is 17.4 Å². The quantitative estimate of drug-likeness (QED) is 0.579. The first-order valence-electron chi connectivity index (χ1n) is 7.97. The number of carbonyl (C=O) groups excluding carboxylic acids is 1. The minimum Gasteiger partial charge on any atom is -0.484 e. The summed E-state index contributed by atoms with van der Waals surface area (Å²) < 4.78 is 19.0. The highest BCUT2D eigenvalue weighted by Gasteiger charge is 2.12.